The van der Waals surface area contributed by atoms with E-state index in [1.54, 1.807) is 29.8 Å². The highest BCUT2D eigenvalue weighted by Gasteiger charge is 2.13. The first kappa shape index (κ1) is 14.7. The summed E-state index contributed by atoms with van der Waals surface area (Å²) in [6.07, 6.45) is 0. The van der Waals surface area contributed by atoms with Crippen molar-refractivity contribution in [3.8, 4) is 0 Å². The van der Waals surface area contributed by atoms with Crippen molar-refractivity contribution in [2.75, 3.05) is 11.1 Å². The van der Waals surface area contributed by atoms with Crippen molar-refractivity contribution < 1.29 is 4.79 Å². The van der Waals surface area contributed by atoms with Gasteiger partial charge in [-0.3, -0.25) is 9.48 Å². The van der Waals surface area contributed by atoms with Crippen molar-refractivity contribution in [3.05, 3.63) is 39.6 Å². The lowest BCUT2D eigenvalue weighted by atomic mass is 10.3. The molecule has 0 radical (unpaired) electrons. The average molecular weight is 313 g/mol. The molecule has 2 aromatic rings. The first-order chi connectivity index (χ1) is 9.38. The average Bonchev–Trinajstić information content (AvgIpc) is 2.61. The van der Waals surface area contributed by atoms with Gasteiger partial charge < -0.3 is 11.1 Å². The molecule has 0 aliphatic carbocycles. The van der Waals surface area contributed by atoms with E-state index >= 15 is 0 Å². The van der Waals surface area contributed by atoms with Gasteiger partial charge in [0.15, 0.2) is 0 Å². The Kier molecular flexibility index (Phi) is 4.20. The van der Waals surface area contributed by atoms with Crippen LogP contribution in [0.2, 0.25) is 10.0 Å². The molecule has 2 rings (SSSR count). The summed E-state index contributed by atoms with van der Waals surface area (Å²) in [7, 11) is 0. The molecule has 0 fully saturated rings. The van der Waals surface area contributed by atoms with E-state index in [0.29, 0.717) is 27.1 Å². The molecule has 0 saturated carbocycles. The van der Waals surface area contributed by atoms with Crippen molar-refractivity contribution in [2.24, 2.45) is 0 Å². The fourth-order valence-electron chi connectivity index (χ4n) is 1.79. The molecule has 0 aliphatic heterocycles. The number of amides is 1. The number of anilines is 2. The van der Waals surface area contributed by atoms with Crippen molar-refractivity contribution in [3.63, 3.8) is 0 Å². The normalized spacial score (nSPS) is 10.6. The highest BCUT2D eigenvalue weighted by molar-refractivity contribution is 6.34. The molecule has 20 heavy (non-hydrogen) atoms. The van der Waals surface area contributed by atoms with Crippen LogP contribution in [-0.2, 0) is 11.3 Å². The van der Waals surface area contributed by atoms with E-state index in [1.807, 2.05) is 6.92 Å². The Labute approximate surface area is 126 Å². The lowest BCUT2D eigenvalue weighted by molar-refractivity contribution is -0.116. The molecule has 3 N–H and O–H groups in total. The van der Waals surface area contributed by atoms with E-state index in [-0.39, 0.29) is 12.5 Å². The van der Waals surface area contributed by atoms with Gasteiger partial charge in [-0.2, -0.15) is 5.10 Å². The van der Waals surface area contributed by atoms with Crippen LogP contribution in [0, 0.1) is 13.8 Å². The van der Waals surface area contributed by atoms with Crippen LogP contribution >= 0.6 is 23.2 Å². The second kappa shape index (κ2) is 5.73. The summed E-state index contributed by atoms with van der Waals surface area (Å²) in [5.74, 6) is -0.237. The molecule has 1 heterocycles. The molecule has 0 unspecified atom stereocenters. The van der Waals surface area contributed by atoms with Crippen LogP contribution in [0.5, 0.6) is 0 Å². The van der Waals surface area contributed by atoms with Gasteiger partial charge in [0.05, 0.1) is 27.1 Å². The standard InChI is InChI=1S/C13H14Cl2N4O/c1-7-13(15)8(2)19(18-7)6-12(20)17-11-4-3-9(16)5-10(11)14/h3-5H,6,16H2,1-2H3,(H,17,20). The number of hydrogen-bond acceptors (Lipinski definition) is 3. The van der Waals surface area contributed by atoms with E-state index in [4.69, 9.17) is 28.9 Å². The number of halogens is 2. The van der Waals surface area contributed by atoms with E-state index < -0.39 is 0 Å². The van der Waals surface area contributed by atoms with Gasteiger partial charge in [-0.25, -0.2) is 0 Å². The monoisotopic (exact) mass is 312 g/mol. The Bertz CT molecular complexity index is 667. The summed E-state index contributed by atoms with van der Waals surface area (Å²) in [6, 6.07) is 4.91. The number of rotatable bonds is 3. The molecule has 0 atom stereocenters. The number of benzene rings is 1. The van der Waals surface area contributed by atoms with E-state index in [0.717, 1.165) is 5.69 Å². The number of nitrogens with one attached hydrogen (secondary N) is 1. The van der Waals surface area contributed by atoms with Crippen LogP contribution in [0.3, 0.4) is 0 Å². The molecule has 0 saturated heterocycles. The van der Waals surface area contributed by atoms with Crippen LogP contribution in [0.25, 0.3) is 0 Å². The quantitative estimate of drug-likeness (QED) is 0.856. The molecule has 1 aromatic heterocycles. The number of hydrogen-bond donors (Lipinski definition) is 2. The van der Waals surface area contributed by atoms with Gasteiger partial charge in [-0.05, 0) is 32.0 Å². The summed E-state index contributed by atoms with van der Waals surface area (Å²) < 4.78 is 1.55. The van der Waals surface area contributed by atoms with Gasteiger partial charge in [0, 0.05) is 5.69 Å². The van der Waals surface area contributed by atoms with Crippen LogP contribution in [0.4, 0.5) is 11.4 Å². The predicted molar refractivity (Wildman–Crippen MR) is 81.2 cm³/mol. The number of nitrogens with two attached hydrogens (primary N) is 1. The molecule has 106 valence electrons. The summed E-state index contributed by atoms with van der Waals surface area (Å²) >= 11 is 12.0. The number of nitrogen functional groups attached to an aromatic ring is 1. The maximum atomic E-state index is 12.0. The number of aryl methyl sites for hydroxylation is 1. The van der Waals surface area contributed by atoms with Gasteiger partial charge in [0.2, 0.25) is 5.91 Å². The molecule has 1 amide bonds. The van der Waals surface area contributed by atoms with Crippen LogP contribution < -0.4 is 11.1 Å². The minimum atomic E-state index is -0.237. The summed E-state index contributed by atoms with van der Waals surface area (Å²) in [4.78, 5) is 12.0. The molecule has 1 aromatic carbocycles. The second-order valence-corrected chi connectivity index (χ2v) is 5.22. The Morgan fingerprint density at radius 1 is 1.40 bits per heavy atom. The van der Waals surface area contributed by atoms with Crippen molar-refractivity contribution in [1.29, 1.82) is 0 Å². The van der Waals surface area contributed by atoms with Crippen molar-refractivity contribution >= 4 is 40.5 Å². The van der Waals surface area contributed by atoms with Crippen molar-refractivity contribution in [1.82, 2.24) is 9.78 Å². The lowest BCUT2D eigenvalue weighted by Crippen LogP contribution is -2.20. The second-order valence-electron chi connectivity index (χ2n) is 4.43. The zero-order valence-electron chi connectivity index (χ0n) is 11.1. The third kappa shape index (κ3) is 3.05. The molecule has 5 nitrogen and oxygen atoms in total. The number of nitrogens with zero attached hydrogens (tertiary/aromatic N) is 2. The highest BCUT2D eigenvalue weighted by Crippen LogP contribution is 2.24. The smallest absolute Gasteiger partial charge is 0.246 e. The third-order valence-electron chi connectivity index (χ3n) is 2.85. The minimum Gasteiger partial charge on any atom is -0.399 e. The van der Waals surface area contributed by atoms with Gasteiger partial charge >= 0.3 is 0 Å². The third-order valence-corrected chi connectivity index (χ3v) is 3.71. The number of aromatic nitrogens is 2. The maximum Gasteiger partial charge on any atom is 0.246 e. The molecular weight excluding hydrogens is 299 g/mol. The van der Waals surface area contributed by atoms with Crippen molar-refractivity contribution in [2.45, 2.75) is 20.4 Å². The Morgan fingerprint density at radius 3 is 2.65 bits per heavy atom. The Hall–Kier alpha value is -1.72. The zero-order valence-corrected chi connectivity index (χ0v) is 12.6. The van der Waals surface area contributed by atoms with E-state index in [1.165, 1.54) is 0 Å². The van der Waals surface area contributed by atoms with E-state index in [9.17, 15) is 4.79 Å². The lowest BCUT2D eigenvalue weighted by Gasteiger charge is -2.09. The first-order valence-electron chi connectivity index (χ1n) is 5.93. The van der Waals surface area contributed by atoms with Crippen LogP contribution in [-0.4, -0.2) is 15.7 Å². The fraction of sp³-hybridized carbons (Fsp3) is 0.231. The SMILES string of the molecule is Cc1nn(CC(=O)Nc2ccc(N)cc2Cl)c(C)c1Cl. The summed E-state index contributed by atoms with van der Waals surface area (Å²) in [5, 5.41) is 7.88. The maximum absolute atomic E-state index is 12.0. The van der Waals surface area contributed by atoms with Crippen LogP contribution in [0.1, 0.15) is 11.4 Å². The van der Waals surface area contributed by atoms with Gasteiger partial charge in [-0.1, -0.05) is 23.2 Å². The largest absolute Gasteiger partial charge is 0.399 e. The summed E-state index contributed by atoms with van der Waals surface area (Å²) in [5.41, 5.74) is 8.10. The molecule has 7 heteroatoms. The van der Waals surface area contributed by atoms with E-state index in [2.05, 4.69) is 10.4 Å². The fourth-order valence-corrected chi connectivity index (χ4v) is 2.16. The predicted octanol–water partition coefficient (Wildman–Crippen LogP) is 3.03. The topological polar surface area (TPSA) is 72.9 Å². The summed E-state index contributed by atoms with van der Waals surface area (Å²) in [6.45, 7) is 3.67. The highest BCUT2D eigenvalue weighted by atomic mass is 35.5. The minimum absolute atomic E-state index is 0.0695. The molecular formula is C13H14Cl2N4O. The van der Waals surface area contributed by atoms with Crippen LogP contribution in [0.15, 0.2) is 18.2 Å². The Balaban J connectivity index is 2.11. The molecule has 0 aliphatic rings. The number of carbonyl (C=O) groups is 1. The van der Waals surface area contributed by atoms with Gasteiger partial charge in [0.1, 0.15) is 6.54 Å². The van der Waals surface area contributed by atoms with Gasteiger partial charge in [0.25, 0.3) is 0 Å². The first-order valence-corrected chi connectivity index (χ1v) is 6.68. The zero-order chi connectivity index (χ0) is 14.9. The molecule has 0 spiro atoms. The van der Waals surface area contributed by atoms with Gasteiger partial charge in [-0.15, -0.1) is 0 Å². The molecule has 0 bridgehead atoms. The Morgan fingerprint density at radius 2 is 2.10 bits per heavy atom. The number of carbonyl (C=O) groups excluding carboxylic acids is 1.